The van der Waals surface area contributed by atoms with Crippen molar-refractivity contribution < 1.29 is 4.42 Å². The predicted octanol–water partition coefficient (Wildman–Crippen LogP) is 3.79. The lowest BCUT2D eigenvalue weighted by Gasteiger charge is -2.42. The first kappa shape index (κ1) is 15.4. The van der Waals surface area contributed by atoms with Crippen LogP contribution in [-0.2, 0) is 6.42 Å². The minimum absolute atomic E-state index is 0.270. The molecule has 0 N–H and O–H groups in total. The molecule has 0 radical (unpaired) electrons. The average molecular weight is 278 g/mol. The Morgan fingerprint density at radius 2 is 1.55 bits per heavy atom. The summed E-state index contributed by atoms with van der Waals surface area (Å²) in [5, 5.41) is 0. The molecule has 0 amide bonds. The first-order valence-electron chi connectivity index (χ1n) is 7.74. The second-order valence-corrected chi connectivity index (χ2v) is 8.12. The molecule has 114 valence electrons. The Hall–Kier alpha value is -0.960. The summed E-state index contributed by atoms with van der Waals surface area (Å²) in [5.74, 6) is 2.14. The molecule has 3 heteroatoms. The summed E-state index contributed by atoms with van der Waals surface area (Å²) in [6.07, 6.45) is 0.995. The van der Waals surface area contributed by atoms with Crippen molar-refractivity contribution in [2.75, 3.05) is 31.1 Å². The topological polar surface area (TPSA) is 19.6 Å². The number of hydrogen-bond acceptors (Lipinski definition) is 3. The van der Waals surface area contributed by atoms with Gasteiger partial charge in [-0.1, -0.05) is 20.8 Å². The van der Waals surface area contributed by atoms with E-state index >= 15 is 0 Å². The van der Waals surface area contributed by atoms with Crippen LogP contribution in [0.4, 0.5) is 5.88 Å². The van der Waals surface area contributed by atoms with Crippen LogP contribution >= 0.6 is 0 Å². The lowest BCUT2D eigenvalue weighted by molar-refractivity contribution is 0.127. The summed E-state index contributed by atoms with van der Waals surface area (Å²) in [4.78, 5) is 4.91. The lowest BCUT2D eigenvalue weighted by atomic mass is 9.91. The van der Waals surface area contributed by atoms with Gasteiger partial charge in [-0.25, -0.2) is 0 Å². The van der Waals surface area contributed by atoms with E-state index in [4.69, 9.17) is 4.42 Å². The van der Waals surface area contributed by atoms with Crippen LogP contribution < -0.4 is 4.90 Å². The molecule has 3 nitrogen and oxygen atoms in total. The van der Waals surface area contributed by atoms with E-state index in [0.29, 0.717) is 0 Å². The Morgan fingerprint density at radius 1 is 0.950 bits per heavy atom. The summed E-state index contributed by atoms with van der Waals surface area (Å²) < 4.78 is 6.03. The Labute approximate surface area is 123 Å². The summed E-state index contributed by atoms with van der Waals surface area (Å²) in [6.45, 7) is 17.9. The van der Waals surface area contributed by atoms with Crippen molar-refractivity contribution in [1.82, 2.24) is 4.90 Å². The Morgan fingerprint density at radius 3 is 2.05 bits per heavy atom. The highest BCUT2D eigenvalue weighted by atomic mass is 16.4. The highest BCUT2D eigenvalue weighted by Gasteiger charge is 2.27. The van der Waals surface area contributed by atoms with E-state index in [1.807, 2.05) is 0 Å². The van der Waals surface area contributed by atoms with Crippen LogP contribution in [0.5, 0.6) is 0 Å². The minimum Gasteiger partial charge on any atom is -0.446 e. The van der Waals surface area contributed by atoms with Gasteiger partial charge in [-0.15, -0.1) is 0 Å². The van der Waals surface area contributed by atoms with E-state index in [0.717, 1.165) is 44.2 Å². The van der Waals surface area contributed by atoms with Crippen molar-refractivity contribution in [3.05, 3.63) is 17.9 Å². The van der Waals surface area contributed by atoms with Crippen molar-refractivity contribution in [2.24, 2.45) is 5.41 Å². The van der Waals surface area contributed by atoms with Gasteiger partial charge in [0.2, 0.25) is 0 Å². The highest BCUT2D eigenvalue weighted by molar-refractivity contribution is 5.37. The zero-order valence-electron chi connectivity index (χ0n) is 14.0. The molecule has 0 aliphatic carbocycles. The van der Waals surface area contributed by atoms with Gasteiger partial charge in [0, 0.05) is 44.2 Å². The number of rotatable bonds is 2. The van der Waals surface area contributed by atoms with E-state index in [2.05, 4.69) is 63.5 Å². The zero-order chi connectivity index (χ0) is 15.0. The van der Waals surface area contributed by atoms with E-state index in [-0.39, 0.29) is 11.0 Å². The van der Waals surface area contributed by atoms with Crippen molar-refractivity contribution in [2.45, 2.75) is 53.5 Å². The van der Waals surface area contributed by atoms with Crippen LogP contribution in [0.3, 0.4) is 0 Å². The third kappa shape index (κ3) is 4.02. The Balaban J connectivity index is 1.94. The third-order valence-corrected chi connectivity index (χ3v) is 3.89. The molecule has 0 bridgehead atoms. The standard InChI is InChI=1S/C17H30N2O/c1-16(2,3)13-14-7-8-15(20-14)18-9-11-19(12-10-18)17(4,5)6/h7-8H,9-13H2,1-6H3. The molecular weight excluding hydrogens is 248 g/mol. The van der Waals surface area contributed by atoms with Crippen LogP contribution in [0, 0.1) is 5.41 Å². The Kier molecular flexibility index (Phi) is 4.19. The van der Waals surface area contributed by atoms with Crippen LogP contribution in [0.15, 0.2) is 16.5 Å². The van der Waals surface area contributed by atoms with Crippen LogP contribution in [0.25, 0.3) is 0 Å². The maximum atomic E-state index is 6.03. The molecule has 2 heterocycles. The quantitative estimate of drug-likeness (QED) is 0.820. The molecular formula is C17H30N2O. The van der Waals surface area contributed by atoms with E-state index < -0.39 is 0 Å². The molecule has 0 unspecified atom stereocenters. The average Bonchev–Trinajstić information content (AvgIpc) is 2.74. The van der Waals surface area contributed by atoms with Crippen LogP contribution in [0.2, 0.25) is 0 Å². The maximum Gasteiger partial charge on any atom is 0.195 e. The normalized spacial score (nSPS) is 18.6. The maximum absolute atomic E-state index is 6.03. The summed E-state index contributed by atoms with van der Waals surface area (Å²) >= 11 is 0. The van der Waals surface area contributed by atoms with Gasteiger partial charge in [-0.2, -0.15) is 0 Å². The minimum atomic E-state index is 0.270. The molecule has 0 saturated carbocycles. The SMILES string of the molecule is CC(C)(C)Cc1ccc(N2CCN(C(C)(C)C)CC2)o1. The third-order valence-electron chi connectivity index (χ3n) is 3.89. The molecule has 0 aromatic carbocycles. The van der Waals surface area contributed by atoms with E-state index in [1.165, 1.54) is 0 Å². The number of anilines is 1. The number of hydrogen-bond donors (Lipinski definition) is 0. The monoisotopic (exact) mass is 278 g/mol. The van der Waals surface area contributed by atoms with Crippen LogP contribution in [-0.4, -0.2) is 36.6 Å². The largest absolute Gasteiger partial charge is 0.446 e. The second-order valence-electron chi connectivity index (χ2n) is 8.12. The molecule has 1 aliphatic heterocycles. The summed E-state index contributed by atoms with van der Waals surface area (Å²) in [5.41, 5.74) is 0.548. The molecule has 0 spiro atoms. The second kappa shape index (κ2) is 5.44. The molecule has 1 aromatic rings. The number of piperazine rings is 1. The van der Waals surface area contributed by atoms with Gasteiger partial charge in [0.1, 0.15) is 5.76 Å². The zero-order valence-corrected chi connectivity index (χ0v) is 14.0. The fourth-order valence-electron chi connectivity index (χ4n) is 2.75. The van der Waals surface area contributed by atoms with Gasteiger partial charge in [-0.05, 0) is 32.3 Å². The van der Waals surface area contributed by atoms with Gasteiger partial charge in [-0.3, -0.25) is 4.90 Å². The van der Waals surface area contributed by atoms with Gasteiger partial charge in [0.25, 0.3) is 0 Å². The molecule has 1 aliphatic rings. The van der Waals surface area contributed by atoms with Gasteiger partial charge >= 0.3 is 0 Å². The predicted molar refractivity (Wildman–Crippen MR) is 85.4 cm³/mol. The molecule has 20 heavy (non-hydrogen) atoms. The Bertz CT molecular complexity index is 429. The first-order chi connectivity index (χ1) is 9.15. The molecule has 1 fully saturated rings. The van der Waals surface area contributed by atoms with Crippen molar-refractivity contribution in [3.8, 4) is 0 Å². The smallest absolute Gasteiger partial charge is 0.195 e. The first-order valence-corrected chi connectivity index (χ1v) is 7.74. The fourth-order valence-corrected chi connectivity index (χ4v) is 2.75. The van der Waals surface area contributed by atoms with Crippen LogP contribution in [0.1, 0.15) is 47.3 Å². The van der Waals surface area contributed by atoms with E-state index in [1.54, 1.807) is 0 Å². The van der Waals surface area contributed by atoms with E-state index in [9.17, 15) is 0 Å². The van der Waals surface area contributed by atoms with Crippen molar-refractivity contribution >= 4 is 5.88 Å². The van der Waals surface area contributed by atoms with Gasteiger partial charge in [0.05, 0.1) is 0 Å². The van der Waals surface area contributed by atoms with Crippen molar-refractivity contribution in [3.63, 3.8) is 0 Å². The van der Waals surface area contributed by atoms with Gasteiger partial charge in [0.15, 0.2) is 5.88 Å². The molecule has 0 atom stereocenters. The lowest BCUT2D eigenvalue weighted by Crippen LogP contribution is -2.53. The summed E-state index contributed by atoms with van der Waals surface area (Å²) in [7, 11) is 0. The highest BCUT2D eigenvalue weighted by Crippen LogP contribution is 2.27. The molecule has 1 aromatic heterocycles. The number of nitrogens with zero attached hydrogens (tertiary/aromatic N) is 2. The summed E-state index contributed by atoms with van der Waals surface area (Å²) in [6, 6.07) is 4.27. The molecule has 1 saturated heterocycles. The molecule has 2 rings (SSSR count). The van der Waals surface area contributed by atoms with Crippen molar-refractivity contribution in [1.29, 1.82) is 0 Å². The fraction of sp³-hybridized carbons (Fsp3) is 0.765. The number of furan rings is 1. The van der Waals surface area contributed by atoms with Gasteiger partial charge < -0.3 is 9.32 Å².